The Bertz CT molecular complexity index is 1280. The van der Waals surface area contributed by atoms with Gasteiger partial charge in [-0.15, -0.1) is 0 Å². The molecule has 4 aromatic rings. The van der Waals surface area contributed by atoms with E-state index in [1.54, 1.807) is 42.7 Å². The van der Waals surface area contributed by atoms with Crippen LogP contribution in [0.1, 0.15) is 0 Å². The largest absolute Gasteiger partial charge is 0.462 e. The number of likely N-dealkylation sites (tertiary alicyclic amines) is 1. The van der Waals surface area contributed by atoms with Crippen molar-refractivity contribution in [1.29, 1.82) is 0 Å². The van der Waals surface area contributed by atoms with E-state index >= 15 is 0 Å². The van der Waals surface area contributed by atoms with Crippen LogP contribution in [0.4, 0.5) is 5.82 Å². The van der Waals surface area contributed by atoms with Crippen molar-refractivity contribution < 1.29 is 14.6 Å². The summed E-state index contributed by atoms with van der Waals surface area (Å²) in [5.74, 6) is 0.630. The number of aromatic nitrogens is 6. The number of amides is 1. The number of anilines is 1. The molecule has 1 amide bonds. The molecule has 4 aromatic heterocycles. The number of aliphatic hydroxyl groups is 1. The molecule has 1 saturated heterocycles. The first kappa shape index (κ1) is 21.2. The van der Waals surface area contributed by atoms with Gasteiger partial charge in [-0.3, -0.25) is 9.69 Å². The third kappa shape index (κ3) is 4.46. The lowest BCUT2D eigenvalue weighted by Gasteiger charge is -2.37. The fourth-order valence-electron chi connectivity index (χ4n) is 3.48. The summed E-state index contributed by atoms with van der Waals surface area (Å²) < 4.78 is 7.55. The zero-order valence-corrected chi connectivity index (χ0v) is 18.0. The van der Waals surface area contributed by atoms with Crippen molar-refractivity contribution >= 4 is 34.4 Å². The first-order chi connectivity index (χ1) is 16.1. The van der Waals surface area contributed by atoms with Gasteiger partial charge in [0.05, 0.1) is 17.3 Å². The van der Waals surface area contributed by atoms with Crippen LogP contribution in [0.25, 0.3) is 16.9 Å². The lowest BCUT2D eigenvalue weighted by atomic mass is 10.1. The van der Waals surface area contributed by atoms with Gasteiger partial charge in [-0.1, -0.05) is 17.7 Å². The minimum absolute atomic E-state index is 0.195. The molecule has 0 aromatic carbocycles. The number of aliphatic hydroxyl groups excluding tert-OH is 1. The molecule has 5 rings (SSSR count). The van der Waals surface area contributed by atoms with Crippen molar-refractivity contribution in [2.75, 3.05) is 25.0 Å². The van der Waals surface area contributed by atoms with E-state index in [1.807, 2.05) is 4.90 Å². The van der Waals surface area contributed by atoms with Crippen LogP contribution < -0.4 is 10.1 Å². The molecule has 0 bridgehead atoms. The summed E-state index contributed by atoms with van der Waals surface area (Å²) in [6.45, 7) is 1.19. The van der Waals surface area contributed by atoms with Gasteiger partial charge in [0.1, 0.15) is 17.5 Å². The minimum Gasteiger partial charge on any atom is -0.462 e. The Morgan fingerprint density at radius 2 is 2.03 bits per heavy atom. The highest BCUT2D eigenvalue weighted by molar-refractivity contribution is 6.32. The molecular formula is C21H19ClN8O3. The van der Waals surface area contributed by atoms with Crippen molar-refractivity contribution in [3.63, 3.8) is 0 Å². The van der Waals surface area contributed by atoms with Gasteiger partial charge in [0.2, 0.25) is 5.88 Å². The van der Waals surface area contributed by atoms with Crippen molar-refractivity contribution in [1.82, 2.24) is 34.6 Å². The Balaban J connectivity index is 1.44. The lowest BCUT2D eigenvalue weighted by Crippen LogP contribution is -2.55. The molecule has 33 heavy (non-hydrogen) atoms. The Hall–Kier alpha value is -3.67. The molecule has 1 aliphatic rings. The molecular weight excluding hydrogens is 448 g/mol. The quantitative estimate of drug-likeness (QED) is 0.414. The van der Waals surface area contributed by atoms with E-state index in [4.69, 9.17) is 16.3 Å². The molecule has 0 radical (unpaired) electrons. The van der Waals surface area contributed by atoms with Crippen molar-refractivity contribution in [2.24, 2.45) is 0 Å². The molecule has 12 heteroatoms. The zero-order valence-electron chi connectivity index (χ0n) is 17.2. The van der Waals surface area contributed by atoms with Gasteiger partial charge < -0.3 is 15.2 Å². The van der Waals surface area contributed by atoms with Crippen LogP contribution in [0.5, 0.6) is 5.88 Å². The van der Waals surface area contributed by atoms with Crippen LogP contribution >= 0.6 is 11.6 Å². The topological polar surface area (TPSA) is 131 Å². The van der Waals surface area contributed by atoms with Crippen LogP contribution in [-0.4, -0.2) is 77.5 Å². The molecule has 11 nitrogen and oxygen atoms in total. The van der Waals surface area contributed by atoms with Gasteiger partial charge in [0.15, 0.2) is 17.6 Å². The third-order valence-corrected chi connectivity index (χ3v) is 5.39. The number of carbonyl (C=O) groups excluding carboxylic acids is 1. The summed E-state index contributed by atoms with van der Waals surface area (Å²) in [4.78, 5) is 31.9. The maximum atomic E-state index is 13.0. The number of β-amino-alcohol motifs (C(OH)–C–C–N with tert-alkyl or cyclic N) is 1. The number of nitrogens with zero attached hydrogens (tertiary/aromatic N) is 7. The molecule has 0 unspecified atom stereocenters. The van der Waals surface area contributed by atoms with Gasteiger partial charge in [0.25, 0.3) is 5.91 Å². The highest BCUT2D eigenvalue weighted by Crippen LogP contribution is 2.26. The van der Waals surface area contributed by atoms with Crippen LogP contribution in [0.3, 0.4) is 0 Å². The maximum Gasteiger partial charge on any atom is 0.268 e. The van der Waals surface area contributed by atoms with Crippen molar-refractivity contribution in [3.8, 4) is 11.7 Å². The zero-order chi connectivity index (χ0) is 22.8. The Morgan fingerprint density at radius 1 is 1.18 bits per heavy atom. The standard InChI is InChI=1S/C21H19ClN8O3/c22-15-4-3-7-24-19(15)30-18-14(8-27-30)21(26-12-25-18)33-16(11-29-9-13(31)10-29)20(32)28-17-5-1-2-6-23-17/h1-8,12-13,16,31H,9-11H2,(H,23,28,32)/t16-/m0/s1. The highest BCUT2D eigenvalue weighted by Gasteiger charge is 2.32. The van der Waals surface area contributed by atoms with E-state index in [1.165, 1.54) is 17.2 Å². The highest BCUT2D eigenvalue weighted by atomic mass is 35.5. The maximum absolute atomic E-state index is 13.0. The molecule has 168 valence electrons. The molecule has 0 saturated carbocycles. The predicted molar refractivity (Wildman–Crippen MR) is 119 cm³/mol. The molecule has 0 spiro atoms. The van der Waals surface area contributed by atoms with E-state index in [9.17, 15) is 9.90 Å². The van der Waals surface area contributed by atoms with Gasteiger partial charge >= 0.3 is 0 Å². The fraction of sp³-hybridized carbons (Fsp3) is 0.238. The average Bonchev–Trinajstić information content (AvgIpc) is 3.23. The third-order valence-electron chi connectivity index (χ3n) is 5.09. The molecule has 1 atom stereocenters. The first-order valence-electron chi connectivity index (χ1n) is 10.2. The number of ether oxygens (including phenoxy) is 1. The number of nitrogens with one attached hydrogen (secondary N) is 1. The monoisotopic (exact) mass is 466 g/mol. The lowest BCUT2D eigenvalue weighted by molar-refractivity contribution is -0.125. The average molecular weight is 467 g/mol. The number of hydrogen-bond donors (Lipinski definition) is 2. The van der Waals surface area contributed by atoms with E-state index in [2.05, 4.69) is 30.4 Å². The molecule has 5 heterocycles. The van der Waals surface area contributed by atoms with Gasteiger partial charge in [-0.05, 0) is 24.3 Å². The first-order valence-corrected chi connectivity index (χ1v) is 10.5. The second-order valence-electron chi connectivity index (χ2n) is 7.46. The number of rotatable bonds is 7. The van der Waals surface area contributed by atoms with Crippen LogP contribution in [-0.2, 0) is 4.79 Å². The summed E-state index contributed by atoms with van der Waals surface area (Å²) in [6.07, 6.45) is 4.73. The van der Waals surface area contributed by atoms with Crippen LogP contribution in [0.2, 0.25) is 5.02 Å². The fourth-order valence-corrected chi connectivity index (χ4v) is 3.68. The predicted octanol–water partition coefficient (Wildman–Crippen LogP) is 1.32. The number of halogens is 1. The van der Waals surface area contributed by atoms with Crippen LogP contribution in [0, 0.1) is 0 Å². The molecule has 1 fully saturated rings. The van der Waals surface area contributed by atoms with E-state index in [-0.39, 0.29) is 18.3 Å². The Morgan fingerprint density at radius 3 is 2.79 bits per heavy atom. The molecule has 0 aliphatic carbocycles. The smallest absolute Gasteiger partial charge is 0.268 e. The summed E-state index contributed by atoms with van der Waals surface area (Å²) in [7, 11) is 0. The number of fused-ring (bicyclic) bond motifs is 1. The van der Waals surface area contributed by atoms with Crippen molar-refractivity contribution in [2.45, 2.75) is 12.2 Å². The number of carbonyl (C=O) groups is 1. The van der Waals surface area contributed by atoms with Crippen molar-refractivity contribution in [3.05, 3.63) is 60.3 Å². The summed E-state index contributed by atoms with van der Waals surface area (Å²) >= 11 is 6.27. The van der Waals surface area contributed by atoms with Crippen LogP contribution in [0.15, 0.2) is 55.2 Å². The SMILES string of the molecule is O=C(Nc1ccccn1)[C@H](CN1CC(O)C1)Oc1ncnc2c1cnn2-c1ncccc1Cl. The molecule has 2 N–H and O–H groups in total. The second kappa shape index (κ2) is 9.06. The Labute approximate surface area is 193 Å². The molecule has 1 aliphatic heterocycles. The second-order valence-corrected chi connectivity index (χ2v) is 7.87. The van der Waals surface area contributed by atoms with Gasteiger partial charge in [-0.25, -0.2) is 19.9 Å². The summed E-state index contributed by atoms with van der Waals surface area (Å²) in [5, 5.41) is 17.6. The minimum atomic E-state index is -0.917. The summed E-state index contributed by atoms with van der Waals surface area (Å²) in [6, 6.07) is 8.64. The van der Waals surface area contributed by atoms with E-state index in [0.29, 0.717) is 40.8 Å². The normalized spacial score (nSPS) is 15.2. The van der Waals surface area contributed by atoms with E-state index in [0.717, 1.165) is 0 Å². The summed E-state index contributed by atoms with van der Waals surface area (Å²) in [5.41, 5.74) is 0.434. The number of pyridine rings is 2. The van der Waals surface area contributed by atoms with Gasteiger partial charge in [-0.2, -0.15) is 9.78 Å². The number of hydrogen-bond acceptors (Lipinski definition) is 9. The van der Waals surface area contributed by atoms with E-state index < -0.39 is 12.2 Å². The van der Waals surface area contributed by atoms with Gasteiger partial charge in [0, 0.05) is 32.0 Å². The Kier molecular flexibility index (Phi) is 5.82.